The second-order valence-corrected chi connectivity index (χ2v) is 8.60. The smallest absolute Gasteiger partial charge is 0.302 e. The summed E-state index contributed by atoms with van der Waals surface area (Å²) in [6.45, 7) is 3.90. The number of esters is 1. The third-order valence-corrected chi connectivity index (χ3v) is 7.59. The van der Waals surface area contributed by atoms with Gasteiger partial charge < -0.3 is 4.74 Å². The molecule has 4 rings (SSSR count). The second kappa shape index (κ2) is 5.46. The number of fused-ring (bicyclic) bond motifs is 5. The lowest BCUT2D eigenvalue weighted by Crippen LogP contribution is -2.49. The van der Waals surface area contributed by atoms with E-state index in [2.05, 4.69) is 13.0 Å². The van der Waals surface area contributed by atoms with Crippen LogP contribution >= 0.6 is 0 Å². The Hall–Kier alpha value is -1.12. The minimum atomic E-state index is -0.128. The van der Waals surface area contributed by atoms with Gasteiger partial charge in [0.2, 0.25) is 0 Å². The number of carbonyl (C=O) groups is 2. The van der Waals surface area contributed by atoms with Crippen molar-refractivity contribution in [2.75, 3.05) is 0 Å². The third-order valence-electron chi connectivity index (χ3n) is 7.59. The van der Waals surface area contributed by atoms with Crippen LogP contribution in [0, 0.1) is 35.0 Å². The Balaban J connectivity index is 1.57. The summed E-state index contributed by atoms with van der Waals surface area (Å²) < 4.78 is 5.69. The maximum absolute atomic E-state index is 11.7. The van der Waals surface area contributed by atoms with Crippen molar-refractivity contribution in [1.82, 2.24) is 0 Å². The Morgan fingerprint density at radius 2 is 2.00 bits per heavy atom. The fourth-order valence-corrected chi connectivity index (χ4v) is 6.59. The molecule has 0 aromatic heterocycles. The summed E-state index contributed by atoms with van der Waals surface area (Å²) in [6, 6.07) is 0. The normalized spacial score (nSPS) is 48.3. The summed E-state index contributed by atoms with van der Waals surface area (Å²) in [5, 5.41) is 0. The largest absolute Gasteiger partial charge is 0.462 e. The van der Waals surface area contributed by atoms with E-state index in [1.165, 1.54) is 39.0 Å². The van der Waals surface area contributed by atoms with Crippen molar-refractivity contribution in [2.45, 2.75) is 64.9 Å². The fourth-order valence-electron chi connectivity index (χ4n) is 6.59. The quantitative estimate of drug-likeness (QED) is 0.689. The average molecular weight is 316 g/mol. The van der Waals surface area contributed by atoms with Crippen LogP contribution in [0.1, 0.15) is 58.8 Å². The molecule has 3 fully saturated rings. The zero-order valence-corrected chi connectivity index (χ0v) is 14.3. The lowest BCUT2D eigenvalue weighted by atomic mass is 9.51. The molecule has 7 unspecified atom stereocenters. The number of hydrogen-bond acceptors (Lipinski definition) is 3. The van der Waals surface area contributed by atoms with Crippen molar-refractivity contribution in [3.8, 4) is 0 Å². The number of carbonyl (C=O) groups excluding carboxylic acids is 2. The summed E-state index contributed by atoms with van der Waals surface area (Å²) in [5.41, 5.74) is 0.174. The number of hydrogen-bond donors (Lipinski definition) is 0. The first kappa shape index (κ1) is 15.4. The first-order valence-electron chi connectivity index (χ1n) is 9.37. The molecule has 0 spiro atoms. The molecular formula is C20H28O3. The number of rotatable bonds is 1. The highest BCUT2D eigenvalue weighted by atomic mass is 16.5. The lowest BCUT2D eigenvalue weighted by molar-refractivity contribution is -0.156. The maximum Gasteiger partial charge on any atom is 0.302 e. The van der Waals surface area contributed by atoms with E-state index >= 15 is 0 Å². The molecule has 0 aliphatic heterocycles. The van der Waals surface area contributed by atoms with Gasteiger partial charge in [0.15, 0.2) is 5.78 Å². The van der Waals surface area contributed by atoms with Gasteiger partial charge in [-0.1, -0.05) is 13.0 Å². The van der Waals surface area contributed by atoms with Crippen molar-refractivity contribution in [1.29, 1.82) is 0 Å². The summed E-state index contributed by atoms with van der Waals surface area (Å²) >= 11 is 0. The molecule has 4 aliphatic rings. The van der Waals surface area contributed by atoms with Gasteiger partial charge in [-0.15, -0.1) is 0 Å². The summed E-state index contributed by atoms with van der Waals surface area (Å²) in [7, 11) is 0. The van der Waals surface area contributed by atoms with Crippen molar-refractivity contribution in [3.05, 3.63) is 12.2 Å². The van der Waals surface area contributed by atoms with Crippen LogP contribution in [0.4, 0.5) is 0 Å². The van der Waals surface area contributed by atoms with Crippen LogP contribution in [0.5, 0.6) is 0 Å². The first-order chi connectivity index (χ1) is 11.0. The van der Waals surface area contributed by atoms with Crippen LogP contribution in [0.3, 0.4) is 0 Å². The SMILES string of the molecule is CC(=O)OC1CCC2C3CCC4CC(=O)C=CC4C3CCC12C. The molecule has 7 atom stereocenters. The van der Waals surface area contributed by atoms with E-state index < -0.39 is 0 Å². The zero-order chi connectivity index (χ0) is 16.2. The zero-order valence-electron chi connectivity index (χ0n) is 14.3. The minimum Gasteiger partial charge on any atom is -0.462 e. The molecule has 3 saturated carbocycles. The maximum atomic E-state index is 11.7. The Bertz CT molecular complexity index is 551. The number of allylic oxidation sites excluding steroid dienone is 2. The molecule has 0 heterocycles. The standard InChI is InChI=1S/C20H28O3/c1-12(21)23-19-8-7-18-17-5-3-13-11-14(22)4-6-15(13)16(17)9-10-20(18,19)2/h4,6,13,15-19H,3,5,7-11H2,1-2H3. The highest BCUT2D eigenvalue weighted by molar-refractivity contribution is 5.90. The minimum absolute atomic E-state index is 0.118. The monoisotopic (exact) mass is 316 g/mol. The molecule has 4 aliphatic carbocycles. The van der Waals surface area contributed by atoms with Gasteiger partial charge in [-0.05, 0) is 74.2 Å². The molecule has 3 heteroatoms. The summed E-state index contributed by atoms with van der Waals surface area (Å²) in [4.78, 5) is 23.2. The highest BCUT2D eigenvalue weighted by Crippen LogP contribution is 2.62. The molecule has 3 nitrogen and oxygen atoms in total. The van der Waals surface area contributed by atoms with E-state index in [-0.39, 0.29) is 17.5 Å². The molecule has 0 bridgehead atoms. The van der Waals surface area contributed by atoms with Crippen molar-refractivity contribution in [2.24, 2.45) is 35.0 Å². The van der Waals surface area contributed by atoms with Crippen molar-refractivity contribution < 1.29 is 14.3 Å². The van der Waals surface area contributed by atoms with Gasteiger partial charge in [0, 0.05) is 18.8 Å². The Morgan fingerprint density at radius 3 is 2.78 bits per heavy atom. The second-order valence-electron chi connectivity index (χ2n) is 8.60. The Morgan fingerprint density at radius 1 is 1.17 bits per heavy atom. The topological polar surface area (TPSA) is 43.4 Å². The van der Waals surface area contributed by atoms with E-state index in [1.54, 1.807) is 0 Å². The lowest BCUT2D eigenvalue weighted by Gasteiger charge is -2.54. The van der Waals surface area contributed by atoms with E-state index in [4.69, 9.17) is 4.74 Å². The predicted octanol–water partition coefficient (Wildman–Crippen LogP) is 3.92. The van der Waals surface area contributed by atoms with E-state index in [0.717, 1.165) is 24.7 Å². The summed E-state index contributed by atoms with van der Waals surface area (Å²) in [5.74, 6) is 3.59. The van der Waals surface area contributed by atoms with Crippen LogP contribution in [0.2, 0.25) is 0 Å². The Labute approximate surface area is 138 Å². The molecule has 0 aromatic carbocycles. The molecule has 126 valence electrons. The van der Waals surface area contributed by atoms with Crippen molar-refractivity contribution >= 4 is 11.8 Å². The first-order valence-corrected chi connectivity index (χ1v) is 9.37. The molecule has 0 saturated heterocycles. The van der Waals surface area contributed by atoms with Crippen LogP contribution in [0.25, 0.3) is 0 Å². The van der Waals surface area contributed by atoms with E-state index in [0.29, 0.717) is 23.5 Å². The van der Waals surface area contributed by atoms with Crippen LogP contribution in [0.15, 0.2) is 12.2 Å². The van der Waals surface area contributed by atoms with Gasteiger partial charge in [0.05, 0.1) is 0 Å². The van der Waals surface area contributed by atoms with Crippen LogP contribution in [-0.2, 0) is 14.3 Å². The van der Waals surface area contributed by atoms with Gasteiger partial charge in [0.25, 0.3) is 0 Å². The van der Waals surface area contributed by atoms with E-state index in [1.807, 2.05) is 6.08 Å². The number of ketones is 1. The fraction of sp³-hybridized carbons (Fsp3) is 0.800. The van der Waals surface area contributed by atoms with Gasteiger partial charge in [-0.2, -0.15) is 0 Å². The molecule has 0 amide bonds. The summed E-state index contributed by atoms with van der Waals surface area (Å²) in [6.07, 6.45) is 12.1. The molecule has 0 radical (unpaired) electrons. The van der Waals surface area contributed by atoms with Crippen molar-refractivity contribution in [3.63, 3.8) is 0 Å². The molecule has 0 N–H and O–H groups in total. The van der Waals surface area contributed by atoms with Crippen LogP contribution < -0.4 is 0 Å². The average Bonchev–Trinajstić information content (AvgIpc) is 2.83. The van der Waals surface area contributed by atoms with Gasteiger partial charge in [0.1, 0.15) is 6.10 Å². The van der Waals surface area contributed by atoms with Gasteiger partial charge in [-0.3, -0.25) is 9.59 Å². The molecular weight excluding hydrogens is 288 g/mol. The van der Waals surface area contributed by atoms with Gasteiger partial charge >= 0.3 is 5.97 Å². The predicted molar refractivity (Wildman–Crippen MR) is 87.6 cm³/mol. The highest BCUT2D eigenvalue weighted by Gasteiger charge is 2.57. The van der Waals surface area contributed by atoms with E-state index in [9.17, 15) is 9.59 Å². The molecule has 23 heavy (non-hydrogen) atoms. The van der Waals surface area contributed by atoms with Crippen LogP contribution in [-0.4, -0.2) is 17.9 Å². The third kappa shape index (κ3) is 2.38. The van der Waals surface area contributed by atoms with Gasteiger partial charge in [-0.25, -0.2) is 0 Å². The number of ether oxygens (including phenoxy) is 1. The molecule has 0 aromatic rings. The Kier molecular flexibility index (Phi) is 3.66.